The third-order valence-corrected chi connectivity index (χ3v) is 4.76. The Hall–Kier alpha value is -0.920. The Kier molecular flexibility index (Phi) is 5.49. The van der Waals surface area contributed by atoms with E-state index in [-0.39, 0.29) is 6.10 Å². The zero-order chi connectivity index (χ0) is 15.4. The van der Waals surface area contributed by atoms with Crippen LogP contribution in [0.3, 0.4) is 0 Å². The Morgan fingerprint density at radius 1 is 1.23 bits per heavy atom. The second-order valence-corrected chi connectivity index (χ2v) is 6.66. The summed E-state index contributed by atoms with van der Waals surface area (Å²) in [7, 11) is 1.78. The highest BCUT2D eigenvalue weighted by molar-refractivity contribution is 9.10. The minimum absolute atomic E-state index is 0.0798. The van der Waals surface area contributed by atoms with Crippen LogP contribution in [-0.2, 0) is 9.47 Å². The van der Waals surface area contributed by atoms with E-state index in [2.05, 4.69) is 31.2 Å². The molecule has 7 heteroatoms. The van der Waals surface area contributed by atoms with Crippen molar-refractivity contribution in [3.63, 3.8) is 0 Å². The number of anilines is 1. The van der Waals surface area contributed by atoms with Crippen LogP contribution in [0.25, 0.3) is 0 Å². The van der Waals surface area contributed by atoms with E-state index in [1.807, 2.05) is 0 Å². The number of rotatable bonds is 5. The molecule has 2 heterocycles. The van der Waals surface area contributed by atoms with Crippen LogP contribution in [-0.4, -0.2) is 48.5 Å². The maximum atomic E-state index is 5.89. The summed E-state index contributed by atoms with van der Waals surface area (Å²) in [6, 6.07) is 0.398. The lowest BCUT2D eigenvalue weighted by Gasteiger charge is -2.28. The largest absolute Gasteiger partial charge is 0.471 e. The fraction of sp³-hybridized carbons (Fsp3) is 0.733. The number of aromatic nitrogens is 2. The molecule has 0 amide bonds. The smallest absolute Gasteiger partial charge is 0.233 e. The summed E-state index contributed by atoms with van der Waals surface area (Å²) in [5.41, 5.74) is 0. The van der Waals surface area contributed by atoms with Gasteiger partial charge in [0.05, 0.1) is 30.0 Å². The summed E-state index contributed by atoms with van der Waals surface area (Å²) in [4.78, 5) is 8.83. The normalized spacial score (nSPS) is 28.5. The topological polar surface area (TPSA) is 65.5 Å². The Morgan fingerprint density at radius 2 is 2.05 bits per heavy atom. The molecule has 1 N–H and O–H groups in total. The van der Waals surface area contributed by atoms with E-state index < -0.39 is 0 Å². The fourth-order valence-electron chi connectivity index (χ4n) is 2.89. The minimum atomic E-state index is 0.0798. The second-order valence-electron chi connectivity index (χ2n) is 5.80. The SMILES string of the molecule is COC1CCC(Nc2ncc(Br)c(OC3CCOC3)n2)CC1. The van der Waals surface area contributed by atoms with E-state index in [0.717, 1.165) is 43.2 Å². The summed E-state index contributed by atoms with van der Waals surface area (Å²) < 4.78 is 17.4. The van der Waals surface area contributed by atoms with Gasteiger partial charge in [-0.15, -0.1) is 0 Å². The Labute approximate surface area is 139 Å². The molecule has 1 aromatic heterocycles. The van der Waals surface area contributed by atoms with Crippen molar-refractivity contribution in [3.05, 3.63) is 10.7 Å². The van der Waals surface area contributed by atoms with Gasteiger partial charge in [-0.25, -0.2) is 4.98 Å². The Bertz CT molecular complexity index is 489. The molecule has 0 radical (unpaired) electrons. The first-order chi connectivity index (χ1) is 10.7. The zero-order valence-corrected chi connectivity index (χ0v) is 14.3. The lowest BCUT2D eigenvalue weighted by atomic mass is 9.93. The van der Waals surface area contributed by atoms with Crippen LogP contribution in [0.4, 0.5) is 5.95 Å². The molecule has 0 bridgehead atoms. The summed E-state index contributed by atoms with van der Waals surface area (Å²) in [5, 5.41) is 3.41. The van der Waals surface area contributed by atoms with Gasteiger partial charge in [0.2, 0.25) is 11.8 Å². The molecule has 1 saturated carbocycles. The third kappa shape index (κ3) is 4.08. The molecule has 0 aromatic carbocycles. The van der Waals surface area contributed by atoms with Gasteiger partial charge >= 0.3 is 0 Å². The fourth-order valence-corrected chi connectivity index (χ4v) is 3.18. The van der Waals surface area contributed by atoms with Gasteiger partial charge < -0.3 is 19.5 Å². The zero-order valence-electron chi connectivity index (χ0n) is 12.8. The number of nitrogens with zero attached hydrogens (tertiary/aromatic N) is 2. The number of nitrogens with one attached hydrogen (secondary N) is 1. The molecule has 1 aromatic rings. The van der Waals surface area contributed by atoms with E-state index in [4.69, 9.17) is 14.2 Å². The molecule has 1 aliphatic carbocycles. The van der Waals surface area contributed by atoms with E-state index in [0.29, 0.717) is 30.6 Å². The maximum Gasteiger partial charge on any atom is 0.233 e. The quantitative estimate of drug-likeness (QED) is 0.858. The molecule has 0 spiro atoms. The number of halogens is 1. The molecule has 1 aliphatic heterocycles. The highest BCUT2D eigenvalue weighted by atomic mass is 79.9. The highest BCUT2D eigenvalue weighted by Crippen LogP contribution is 2.27. The summed E-state index contributed by atoms with van der Waals surface area (Å²) >= 11 is 3.45. The van der Waals surface area contributed by atoms with Crippen LogP contribution in [0.1, 0.15) is 32.1 Å². The van der Waals surface area contributed by atoms with Crippen molar-refractivity contribution in [2.24, 2.45) is 0 Å². The lowest BCUT2D eigenvalue weighted by molar-refractivity contribution is 0.0681. The average molecular weight is 372 g/mol. The lowest BCUT2D eigenvalue weighted by Crippen LogP contribution is -2.30. The van der Waals surface area contributed by atoms with Gasteiger partial charge in [0.25, 0.3) is 0 Å². The van der Waals surface area contributed by atoms with Crippen molar-refractivity contribution >= 4 is 21.9 Å². The maximum absolute atomic E-state index is 5.89. The van der Waals surface area contributed by atoms with Crippen molar-refractivity contribution in [1.82, 2.24) is 9.97 Å². The third-order valence-electron chi connectivity index (χ3n) is 4.22. The predicted octanol–water partition coefficient (Wildman–Crippen LogP) is 2.78. The van der Waals surface area contributed by atoms with Crippen LogP contribution in [0.5, 0.6) is 5.88 Å². The summed E-state index contributed by atoms with van der Waals surface area (Å²) in [6.07, 6.45) is 7.42. The van der Waals surface area contributed by atoms with Crippen molar-refractivity contribution in [3.8, 4) is 5.88 Å². The van der Waals surface area contributed by atoms with Crippen LogP contribution >= 0.6 is 15.9 Å². The first kappa shape index (κ1) is 16.0. The Morgan fingerprint density at radius 3 is 2.73 bits per heavy atom. The van der Waals surface area contributed by atoms with Gasteiger partial charge in [-0.1, -0.05) is 0 Å². The molecule has 6 nitrogen and oxygen atoms in total. The molecule has 1 atom stereocenters. The van der Waals surface area contributed by atoms with Crippen LogP contribution in [0.2, 0.25) is 0 Å². The van der Waals surface area contributed by atoms with E-state index in [9.17, 15) is 0 Å². The molecule has 122 valence electrons. The van der Waals surface area contributed by atoms with E-state index in [1.165, 1.54) is 0 Å². The van der Waals surface area contributed by atoms with Crippen LogP contribution in [0, 0.1) is 0 Å². The molecule has 22 heavy (non-hydrogen) atoms. The molecule has 1 saturated heterocycles. The van der Waals surface area contributed by atoms with Gasteiger partial charge in [0.1, 0.15) is 6.10 Å². The number of hydrogen-bond acceptors (Lipinski definition) is 6. The summed E-state index contributed by atoms with van der Waals surface area (Å²) in [6.45, 7) is 1.38. The first-order valence-electron chi connectivity index (χ1n) is 7.81. The standard InChI is InChI=1S/C15H22BrN3O3/c1-20-11-4-2-10(3-5-11)18-15-17-8-13(16)14(19-15)22-12-6-7-21-9-12/h8,10-12H,2-7,9H2,1H3,(H,17,18,19). The van der Waals surface area contributed by atoms with E-state index in [1.54, 1.807) is 13.3 Å². The molecular weight excluding hydrogens is 350 g/mol. The molecule has 2 aliphatic rings. The van der Waals surface area contributed by atoms with Gasteiger partial charge in [0.15, 0.2) is 0 Å². The van der Waals surface area contributed by atoms with Gasteiger partial charge in [-0.3, -0.25) is 0 Å². The van der Waals surface area contributed by atoms with Crippen molar-refractivity contribution in [2.75, 3.05) is 25.6 Å². The first-order valence-corrected chi connectivity index (χ1v) is 8.60. The van der Waals surface area contributed by atoms with Crippen molar-refractivity contribution in [2.45, 2.75) is 50.4 Å². The predicted molar refractivity (Wildman–Crippen MR) is 86.3 cm³/mol. The van der Waals surface area contributed by atoms with Crippen molar-refractivity contribution in [1.29, 1.82) is 0 Å². The van der Waals surface area contributed by atoms with E-state index >= 15 is 0 Å². The molecule has 3 rings (SSSR count). The highest BCUT2D eigenvalue weighted by Gasteiger charge is 2.23. The Balaban J connectivity index is 1.59. The number of methoxy groups -OCH3 is 1. The van der Waals surface area contributed by atoms with Gasteiger partial charge in [-0.05, 0) is 41.6 Å². The number of hydrogen-bond donors (Lipinski definition) is 1. The molecule has 1 unspecified atom stereocenters. The summed E-state index contributed by atoms with van der Waals surface area (Å²) in [5.74, 6) is 1.21. The van der Waals surface area contributed by atoms with Crippen LogP contribution < -0.4 is 10.1 Å². The van der Waals surface area contributed by atoms with Crippen molar-refractivity contribution < 1.29 is 14.2 Å². The van der Waals surface area contributed by atoms with Crippen LogP contribution in [0.15, 0.2) is 10.7 Å². The second kappa shape index (κ2) is 7.57. The molecule has 2 fully saturated rings. The minimum Gasteiger partial charge on any atom is -0.471 e. The monoisotopic (exact) mass is 371 g/mol. The average Bonchev–Trinajstić information content (AvgIpc) is 3.04. The number of ether oxygens (including phenoxy) is 3. The van der Waals surface area contributed by atoms with Gasteiger partial charge in [0, 0.05) is 19.6 Å². The molecular formula is C15H22BrN3O3. The van der Waals surface area contributed by atoms with Gasteiger partial charge in [-0.2, -0.15) is 4.98 Å².